The van der Waals surface area contributed by atoms with Crippen LogP contribution in [0.15, 0.2) is 4.52 Å². The fourth-order valence-corrected chi connectivity index (χ4v) is 1.52. The number of nitrogens with zero attached hydrogens (tertiary/aromatic N) is 1. The molecule has 0 aliphatic heterocycles. The second-order valence-corrected chi connectivity index (χ2v) is 3.88. The number of hydrogen-bond donors (Lipinski definition) is 1. The van der Waals surface area contributed by atoms with Crippen LogP contribution in [0, 0.1) is 13.8 Å². The van der Waals surface area contributed by atoms with E-state index in [0.717, 1.165) is 17.7 Å². The highest BCUT2D eigenvalue weighted by molar-refractivity contribution is 5.78. The first kappa shape index (κ1) is 13.7. The number of ether oxygens (including phenoxy) is 1. The zero-order valence-electron chi connectivity index (χ0n) is 10.7. The Morgan fingerprint density at radius 1 is 1.47 bits per heavy atom. The second kappa shape index (κ2) is 7.06. The summed E-state index contributed by atoms with van der Waals surface area (Å²) >= 11 is 0. The van der Waals surface area contributed by atoms with Crippen LogP contribution in [0.5, 0.6) is 0 Å². The molecule has 0 radical (unpaired) electrons. The van der Waals surface area contributed by atoms with E-state index in [0.29, 0.717) is 31.9 Å². The third-order valence-corrected chi connectivity index (χ3v) is 2.51. The maximum atomic E-state index is 11.6. The number of amides is 1. The number of aryl methyl sites for hydroxylation is 2. The van der Waals surface area contributed by atoms with Crippen LogP contribution in [-0.2, 0) is 16.0 Å². The SMILES string of the molecule is CCOCCCNC(=O)Cc1c(C)noc1C. The Morgan fingerprint density at radius 3 is 2.82 bits per heavy atom. The van der Waals surface area contributed by atoms with Gasteiger partial charge in [-0.1, -0.05) is 5.16 Å². The lowest BCUT2D eigenvalue weighted by atomic mass is 10.1. The van der Waals surface area contributed by atoms with E-state index in [1.807, 2.05) is 20.8 Å². The molecule has 0 atom stereocenters. The summed E-state index contributed by atoms with van der Waals surface area (Å²) in [7, 11) is 0. The van der Waals surface area contributed by atoms with Crippen LogP contribution < -0.4 is 5.32 Å². The van der Waals surface area contributed by atoms with Crippen molar-refractivity contribution < 1.29 is 14.1 Å². The number of nitrogens with one attached hydrogen (secondary N) is 1. The van der Waals surface area contributed by atoms with Gasteiger partial charge in [-0.25, -0.2) is 0 Å². The van der Waals surface area contributed by atoms with Crippen molar-refractivity contribution in [3.8, 4) is 0 Å². The first-order valence-corrected chi connectivity index (χ1v) is 5.91. The number of carbonyl (C=O) groups excluding carboxylic acids is 1. The molecule has 0 aliphatic rings. The fraction of sp³-hybridized carbons (Fsp3) is 0.667. The molecule has 0 saturated heterocycles. The minimum absolute atomic E-state index is 0.00380. The summed E-state index contributed by atoms with van der Waals surface area (Å²) < 4.78 is 10.2. The second-order valence-electron chi connectivity index (χ2n) is 3.88. The van der Waals surface area contributed by atoms with Crippen LogP contribution in [0.3, 0.4) is 0 Å². The largest absolute Gasteiger partial charge is 0.382 e. The average Bonchev–Trinajstić information content (AvgIpc) is 2.60. The summed E-state index contributed by atoms with van der Waals surface area (Å²) in [6, 6.07) is 0. The van der Waals surface area contributed by atoms with Crippen LogP contribution in [0.1, 0.15) is 30.4 Å². The molecular weight excluding hydrogens is 220 g/mol. The van der Waals surface area contributed by atoms with Gasteiger partial charge in [-0.3, -0.25) is 4.79 Å². The molecule has 1 rings (SSSR count). The number of aromatic nitrogens is 1. The lowest BCUT2D eigenvalue weighted by molar-refractivity contribution is -0.120. The topological polar surface area (TPSA) is 64.4 Å². The molecule has 1 aromatic heterocycles. The molecule has 5 heteroatoms. The van der Waals surface area contributed by atoms with Crippen molar-refractivity contribution in [1.29, 1.82) is 0 Å². The molecule has 0 spiro atoms. The normalized spacial score (nSPS) is 10.5. The van der Waals surface area contributed by atoms with Crippen molar-refractivity contribution in [3.05, 3.63) is 17.0 Å². The Bertz CT molecular complexity index is 341. The third kappa shape index (κ3) is 4.56. The van der Waals surface area contributed by atoms with Gasteiger partial charge in [0.25, 0.3) is 0 Å². The number of hydrogen-bond acceptors (Lipinski definition) is 4. The Kier molecular flexibility index (Phi) is 5.69. The van der Waals surface area contributed by atoms with Gasteiger partial charge in [0.2, 0.25) is 5.91 Å². The number of rotatable bonds is 7. The molecule has 0 saturated carbocycles. The molecule has 1 amide bonds. The Morgan fingerprint density at radius 2 is 2.24 bits per heavy atom. The predicted octanol–water partition coefficient (Wildman–Crippen LogP) is 1.38. The van der Waals surface area contributed by atoms with E-state index in [2.05, 4.69) is 10.5 Å². The molecule has 5 nitrogen and oxygen atoms in total. The lowest BCUT2D eigenvalue weighted by Crippen LogP contribution is -2.27. The van der Waals surface area contributed by atoms with Gasteiger partial charge in [-0.05, 0) is 27.2 Å². The quantitative estimate of drug-likeness (QED) is 0.731. The van der Waals surface area contributed by atoms with Crippen LogP contribution in [0.2, 0.25) is 0 Å². The van der Waals surface area contributed by atoms with Gasteiger partial charge in [-0.2, -0.15) is 0 Å². The van der Waals surface area contributed by atoms with E-state index in [1.54, 1.807) is 0 Å². The van der Waals surface area contributed by atoms with Crippen LogP contribution in [-0.4, -0.2) is 30.8 Å². The van der Waals surface area contributed by atoms with Gasteiger partial charge < -0.3 is 14.6 Å². The predicted molar refractivity (Wildman–Crippen MR) is 63.8 cm³/mol. The summed E-state index contributed by atoms with van der Waals surface area (Å²) in [5, 5.41) is 6.66. The van der Waals surface area contributed by atoms with Gasteiger partial charge in [0.1, 0.15) is 5.76 Å². The van der Waals surface area contributed by atoms with Gasteiger partial charge >= 0.3 is 0 Å². The van der Waals surface area contributed by atoms with Gasteiger partial charge in [-0.15, -0.1) is 0 Å². The highest BCUT2D eigenvalue weighted by Crippen LogP contribution is 2.12. The average molecular weight is 240 g/mol. The van der Waals surface area contributed by atoms with Gasteiger partial charge in [0.05, 0.1) is 12.1 Å². The summed E-state index contributed by atoms with van der Waals surface area (Å²) in [6.45, 7) is 7.65. The first-order valence-electron chi connectivity index (χ1n) is 5.91. The zero-order valence-corrected chi connectivity index (χ0v) is 10.7. The van der Waals surface area contributed by atoms with E-state index in [9.17, 15) is 4.79 Å². The molecule has 0 bridgehead atoms. The minimum atomic E-state index is -0.00380. The molecule has 0 fully saturated rings. The maximum Gasteiger partial charge on any atom is 0.224 e. The van der Waals surface area contributed by atoms with Crippen LogP contribution in [0.4, 0.5) is 0 Å². The molecule has 1 heterocycles. The van der Waals surface area contributed by atoms with Crippen molar-refractivity contribution in [2.75, 3.05) is 19.8 Å². The molecular formula is C12H20N2O3. The molecule has 1 N–H and O–H groups in total. The third-order valence-electron chi connectivity index (χ3n) is 2.51. The molecule has 1 aromatic rings. The smallest absolute Gasteiger partial charge is 0.224 e. The van der Waals surface area contributed by atoms with E-state index in [4.69, 9.17) is 9.26 Å². The highest BCUT2D eigenvalue weighted by atomic mass is 16.5. The summed E-state index contributed by atoms with van der Waals surface area (Å²) in [4.78, 5) is 11.6. The maximum absolute atomic E-state index is 11.6. The summed E-state index contributed by atoms with van der Waals surface area (Å²) in [6.07, 6.45) is 1.16. The molecule has 0 aliphatic carbocycles. The van der Waals surface area contributed by atoms with Crippen molar-refractivity contribution in [3.63, 3.8) is 0 Å². The molecule has 0 aromatic carbocycles. The Balaban J connectivity index is 2.26. The summed E-state index contributed by atoms with van der Waals surface area (Å²) in [5.74, 6) is 0.711. The Hall–Kier alpha value is -1.36. The Labute approximate surface area is 102 Å². The van der Waals surface area contributed by atoms with E-state index < -0.39 is 0 Å². The van der Waals surface area contributed by atoms with E-state index in [-0.39, 0.29) is 5.91 Å². The van der Waals surface area contributed by atoms with Gasteiger partial charge in [0.15, 0.2) is 0 Å². The lowest BCUT2D eigenvalue weighted by Gasteiger charge is -2.05. The van der Waals surface area contributed by atoms with Gasteiger partial charge in [0, 0.05) is 25.3 Å². The molecule has 17 heavy (non-hydrogen) atoms. The highest BCUT2D eigenvalue weighted by Gasteiger charge is 2.12. The minimum Gasteiger partial charge on any atom is -0.382 e. The molecule has 96 valence electrons. The fourth-order valence-electron chi connectivity index (χ4n) is 1.52. The number of carbonyl (C=O) groups is 1. The van der Waals surface area contributed by atoms with E-state index >= 15 is 0 Å². The van der Waals surface area contributed by atoms with Crippen molar-refractivity contribution in [2.45, 2.75) is 33.6 Å². The first-order chi connectivity index (χ1) is 8.15. The van der Waals surface area contributed by atoms with Crippen LogP contribution >= 0.6 is 0 Å². The van der Waals surface area contributed by atoms with Crippen molar-refractivity contribution in [2.24, 2.45) is 0 Å². The van der Waals surface area contributed by atoms with E-state index in [1.165, 1.54) is 0 Å². The van der Waals surface area contributed by atoms with Crippen molar-refractivity contribution in [1.82, 2.24) is 10.5 Å². The zero-order chi connectivity index (χ0) is 12.7. The summed E-state index contributed by atoms with van der Waals surface area (Å²) in [5.41, 5.74) is 1.67. The van der Waals surface area contributed by atoms with Crippen LogP contribution in [0.25, 0.3) is 0 Å². The standard InChI is InChI=1S/C12H20N2O3/c1-4-16-7-5-6-13-12(15)8-11-9(2)14-17-10(11)3/h4-8H2,1-3H3,(H,13,15). The monoisotopic (exact) mass is 240 g/mol. The molecule has 0 unspecified atom stereocenters. The van der Waals surface area contributed by atoms with Crippen molar-refractivity contribution >= 4 is 5.91 Å².